The number of rotatable bonds is 2. The molecule has 0 saturated heterocycles. The summed E-state index contributed by atoms with van der Waals surface area (Å²) in [5, 5.41) is 3.71. The van der Waals surface area contributed by atoms with Gasteiger partial charge in [0.05, 0.1) is 19.0 Å². The van der Waals surface area contributed by atoms with E-state index in [9.17, 15) is 13.2 Å². The predicted octanol–water partition coefficient (Wildman–Crippen LogP) is 3.21. The van der Waals surface area contributed by atoms with Crippen molar-refractivity contribution < 1.29 is 17.9 Å². The van der Waals surface area contributed by atoms with E-state index >= 15 is 0 Å². The first-order valence-corrected chi connectivity index (χ1v) is 5.19. The topological polar surface area (TPSA) is 27.1 Å². The van der Waals surface area contributed by atoms with Gasteiger partial charge in [0, 0.05) is 0 Å². The fourth-order valence-corrected chi connectivity index (χ4v) is 1.72. The highest BCUT2D eigenvalue weighted by Gasteiger charge is 2.35. The lowest BCUT2D eigenvalue weighted by Crippen LogP contribution is -2.13. The van der Waals surface area contributed by atoms with Crippen LogP contribution < -0.4 is 4.74 Å². The zero-order valence-corrected chi connectivity index (χ0v) is 9.82. The molecule has 0 saturated carbocycles. The zero-order chi connectivity index (χ0) is 13.3. The highest BCUT2D eigenvalue weighted by atomic mass is 19.4. The van der Waals surface area contributed by atoms with Gasteiger partial charge in [0.2, 0.25) is 0 Å². The smallest absolute Gasteiger partial charge is 0.433 e. The molecule has 1 heterocycles. The molecule has 0 atom stereocenters. The lowest BCUT2D eigenvalue weighted by Gasteiger charge is -2.12. The Morgan fingerprint density at radius 2 is 1.94 bits per heavy atom. The molecule has 6 heteroatoms. The van der Waals surface area contributed by atoms with Crippen LogP contribution in [-0.2, 0) is 6.18 Å². The van der Waals surface area contributed by atoms with Crippen molar-refractivity contribution in [1.29, 1.82) is 0 Å². The molecule has 0 unspecified atom stereocenters. The molecule has 96 valence electrons. The molecular formula is C12H11F3N2O. The first-order chi connectivity index (χ1) is 8.43. The standard InChI is InChI=1S/C12H11F3N2O/c1-8-7-9(3-4-10(8)18-2)17-11(5-6-16-17)12(13,14)15/h3-7H,1-2H3. The van der Waals surface area contributed by atoms with Gasteiger partial charge >= 0.3 is 6.18 Å². The van der Waals surface area contributed by atoms with Gasteiger partial charge in [0.15, 0.2) is 0 Å². The molecule has 0 aliphatic carbocycles. The number of aryl methyl sites for hydroxylation is 1. The minimum absolute atomic E-state index is 0.352. The Balaban J connectivity index is 2.50. The Morgan fingerprint density at radius 3 is 2.50 bits per heavy atom. The largest absolute Gasteiger partial charge is 0.496 e. The Bertz CT molecular complexity index is 561. The molecule has 3 nitrogen and oxygen atoms in total. The first-order valence-electron chi connectivity index (χ1n) is 5.19. The second kappa shape index (κ2) is 4.36. The second-order valence-corrected chi connectivity index (χ2v) is 3.78. The van der Waals surface area contributed by atoms with Crippen LogP contribution in [0.4, 0.5) is 13.2 Å². The number of alkyl halides is 3. The third-order valence-corrected chi connectivity index (χ3v) is 2.56. The van der Waals surface area contributed by atoms with Crippen LogP contribution in [0.2, 0.25) is 0 Å². The van der Waals surface area contributed by atoms with Gasteiger partial charge in [-0.15, -0.1) is 0 Å². The van der Waals surface area contributed by atoms with E-state index in [1.54, 1.807) is 19.1 Å². The van der Waals surface area contributed by atoms with Crippen molar-refractivity contribution in [1.82, 2.24) is 9.78 Å². The minimum Gasteiger partial charge on any atom is -0.496 e. The molecule has 2 aromatic rings. The number of ether oxygens (including phenoxy) is 1. The van der Waals surface area contributed by atoms with Crippen molar-refractivity contribution in [3.8, 4) is 11.4 Å². The average Bonchev–Trinajstić information content (AvgIpc) is 2.77. The number of benzene rings is 1. The second-order valence-electron chi connectivity index (χ2n) is 3.78. The summed E-state index contributed by atoms with van der Waals surface area (Å²) in [6.07, 6.45) is -3.30. The third-order valence-electron chi connectivity index (χ3n) is 2.56. The van der Waals surface area contributed by atoms with Crippen molar-refractivity contribution in [2.45, 2.75) is 13.1 Å². The van der Waals surface area contributed by atoms with Crippen LogP contribution in [0.25, 0.3) is 5.69 Å². The quantitative estimate of drug-likeness (QED) is 0.825. The number of hydrogen-bond donors (Lipinski definition) is 0. The lowest BCUT2D eigenvalue weighted by atomic mass is 10.2. The normalized spacial score (nSPS) is 11.6. The summed E-state index contributed by atoms with van der Waals surface area (Å²) in [5.41, 5.74) is 0.302. The maximum Gasteiger partial charge on any atom is 0.433 e. The molecule has 0 N–H and O–H groups in total. The SMILES string of the molecule is COc1ccc(-n2nccc2C(F)(F)F)cc1C. The van der Waals surface area contributed by atoms with Gasteiger partial charge in [0.25, 0.3) is 0 Å². The summed E-state index contributed by atoms with van der Waals surface area (Å²) in [5.74, 6) is 0.625. The van der Waals surface area contributed by atoms with Crippen molar-refractivity contribution in [2.75, 3.05) is 7.11 Å². The molecule has 1 aromatic heterocycles. The molecule has 18 heavy (non-hydrogen) atoms. The summed E-state index contributed by atoms with van der Waals surface area (Å²) < 4.78 is 44.1. The van der Waals surface area contributed by atoms with E-state index in [1.165, 1.54) is 13.2 Å². The number of halogens is 3. The van der Waals surface area contributed by atoms with Crippen molar-refractivity contribution in [2.24, 2.45) is 0 Å². The number of aromatic nitrogens is 2. The molecule has 0 spiro atoms. The summed E-state index contributed by atoms with van der Waals surface area (Å²) in [6, 6.07) is 5.70. The maximum atomic E-state index is 12.7. The molecule has 0 radical (unpaired) electrons. The first kappa shape index (κ1) is 12.5. The Morgan fingerprint density at radius 1 is 1.22 bits per heavy atom. The lowest BCUT2D eigenvalue weighted by molar-refractivity contribution is -0.142. The Labute approximate surface area is 102 Å². The highest BCUT2D eigenvalue weighted by Crippen LogP contribution is 2.31. The zero-order valence-electron chi connectivity index (χ0n) is 9.82. The molecule has 0 bridgehead atoms. The fourth-order valence-electron chi connectivity index (χ4n) is 1.72. The van der Waals surface area contributed by atoms with Gasteiger partial charge in [-0.25, -0.2) is 4.68 Å². The third kappa shape index (κ3) is 2.18. The van der Waals surface area contributed by atoms with Crippen LogP contribution in [0.3, 0.4) is 0 Å². The van der Waals surface area contributed by atoms with Crippen molar-refractivity contribution in [3.05, 3.63) is 41.7 Å². The van der Waals surface area contributed by atoms with E-state index < -0.39 is 11.9 Å². The summed E-state index contributed by atoms with van der Waals surface area (Å²) >= 11 is 0. The molecule has 1 aromatic carbocycles. The van der Waals surface area contributed by atoms with Gasteiger partial charge in [-0.2, -0.15) is 18.3 Å². The molecular weight excluding hydrogens is 245 g/mol. The Kier molecular flexibility index (Phi) is 3.02. The van der Waals surface area contributed by atoms with Crippen LogP contribution in [0, 0.1) is 6.92 Å². The number of nitrogens with zero attached hydrogens (tertiary/aromatic N) is 2. The molecule has 0 amide bonds. The summed E-state index contributed by atoms with van der Waals surface area (Å²) in [7, 11) is 1.51. The van der Waals surface area contributed by atoms with E-state index in [0.717, 1.165) is 22.5 Å². The van der Waals surface area contributed by atoms with Crippen LogP contribution in [0.1, 0.15) is 11.3 Å². The predicted molar refractivity (Wildman–Crippen MR) is 59.9 cm³/mol. The van der Waals surface area contributed by atoms with Gasteiger partial charge in [-0.05, 0) is 36.8 Å². The van der Waals surface area contributed by atoms with Gasteiger partial charge in [-0.3, -0.25) is 0 Å². The number of hydrogen-bond acceptors (Lipinski definition) is 2. The van der Waals surface area contributed by atoms with Crippen LogP contribution in [0.15, 0.2) is 30.5 Å². The van der Waals surface area contributed by atoms with Gasteiger partial charge in [-0.1, -0.05) is 0 Å². The van der Waals surface area contributed by atoms with E-state index in [4.69, 9.17) is 4.74 Å². The van der Waals surface area contributed by atoms with Crippen LogP contribution in [-0.4, -0.2) is 16.9 Å². The van der Waals surface area contributed by atoms with Gasteiger partial charge < -0.3 is 4.74 Å². The molecule has 0 fully saturated rings. The highest BCUT2D eigenvalue weighted by molar-refractivity contribution is 5.44. The monoisotopic (exact) mass is 256 g/mol. The van der Waals surface area contributed by atoms with E-state index in [0.29, 0.717) is 11.4 Å². The average molecular weight is 256 g/mol. The van der Waals surface area contributed by atoms with Crippen molar-refractivity contribution >= 4 is 0 Å². The van der Waals surface area contributed by atoms with Crippen LogP contribution >= 0.6 is 0 Å². The van der Waals surface area contributed by atoms with E-state index in [1.807, 2.05) is 0 Å². The van der Waals surface area contributed by atoms with Gasteiger partial charge in [0.1, 0.15) is 11.4 Å². The molecule has 0 aliphatic rings. The summed E-state index contributed by atoms with van der Waals surface area (Å²) in [4.78, 5) is 0. The summed E-state index contributed by atoms with van der Waals surface area (Å²) in [6.45, 7) is 1.76. The minimum atomic E-state index is -4.43. The molecule has 0 aliphatic heterocycles. The van der Waals surface area contributed by atoms with E-state index in [2.05, 4.69) is 5.10 Å². The molecule has 2 rings (SSSR count). The Hall–Kier alpha value is -1.98. The fraction of sp³-hybridized carbons (Fsp3) is 0.250. The van der Waals surface area contributed by atoms with E-state index in [-0.39, 0.29) is 0 Å². The number of methoxy groups -OCH3 is 1. The van der Waals surface area contributed by atoms with Crippen LogP contribution in [0.5, 0.6) is 5.75 Å². The maximum absolute atomic E-state index is 12.7. The van der Waals surface area contributed by atoms with Crippen molar-refractivity contribution in [3.63, 3.8) is 0 Å².